The molecule has 7 heteroatoms. The minimum atomic E-state index is -0.630. The van der Waals surface area contributed by atoms with Crippen LogP contribution in [-0.2, 0) is 4.79 Å². The number of anilines is 1. The summed E-state index contributed by atoms with van der Waals surface area (Å²) in [7, 11) is 0. The summed E-state index contributed by atoms with van der Waals surface area (Å²) >= 11 is 1.34. The third kappa shape index (κ3) is 3.69. The number of nitrogens with zero attached hydrogens (tertiary/aromatic N) is 2. The lowest BCUT2D eigenvalue weighted by atomic mass is 10.3. The maximum atomic E-state index is 12.1. The Hall–Kier alpha value is -2.15. The second-order valence-corrected chi connectivity index (χ2v) is 5.86. The van der Waals surface area contributed by atoms with Crippen LogP contribution >= 0.6 is 11.3 Å². The first kappa shape index (κ1) is 15.2. The van der Waals surface area contributed by atoms with Crippen molar-refractivity contribution < 1.29 is 9.59 Å². The van der Waals surface area contributed by atoms with Gasteiger partial charge in [0.2, 0.25) is 5.91 Å². The first-order valence-corrected chi connectivity index (χ1v) is 7.55. The standard InChI is InChI=1S/C14H18N4O2S/c1-9(2)18-12(6-7-15-18)17-13(19)10(3)16-14(20)11-5-4-8-21-11/h4-10H,1-3H3,(H,16,20)(H,17,19). The average molecular weight is 306 g/mol. The first-order chi connectivity index (χ1) is 9.99. The zero-order valence-corrected chi connectivity index (χ0v) is 13.0. The molecule has 0 aliphatic rings. The topological polar surface area (TPSA) is 76.0 Å². The molecule has 2 aromatic rings. The van der Waals surface area contributed by atoms with Crippen molar-refractivity contribution in [1.29, 1.82) is 0 Å². The number of carbonyl (C=O) groups is 2. The zero-order valence-electron chi connectivity index (χ0n) is 12.2. The molecule has 0 bridgehead atoms. The van der Waals surface area contributed by atoms with Gasteiger partial charge in [-0.3, -0.25) is 9.59 Å². The van der Waals surface area contributed by atoms with Crippen molar-refractivity contribution in [2.45, 2.75) is 32.9 Å². The van der Waals surface area contributed by atoms with E-state index in [1.807, 2.05) is 19.2 Å². The summed E-state index contributed by atoms with van der Waals surface area (Å²) in [5, 5.41) is 11.4. The summed E-state index contributed by atoms with van der Waals surface area (Å²) in [6.07, 6.45) is 1.63. The van der Waals surface area contributed by atoms with Crippen LogP contribution in [0.4, 0.5) is 5.82 Å². The van der Waals surface area contributed by atoms with E-state index in [-0.39, 0.29) is 17.9 Å². The van der Waals surface area contributed by atoms with Crippen LogP contribution in [0.2, 0.25) is 0 Å². The van der Waals surface area contributed by atoms with Crippen molar-refractivity contribution in [3.63, 3.8) is 0 Å². The molecular weight excluding hydrogens is 288 g/mol. The van der Waals surface area contributed by atoms with Gasteiger partial charge in [-0.25, -0.2) is 4.68 Å². The Balaban J connectivity index is 1.96. The van der Waals surface area contributed by atoms with Gasteiger partial charge in [-0.2, -0.15) is 5.10 Å². The molecular formula is C14H18N4O2S. The lowest BCUT2D eigenvalue weighted by molar-refractivity contribution is -0.117. The van der Waals surface area contributed by atoms with E-state index in [1.54, 1.807) is 36.0 Å². The van der Waals surface area contributed by atoms with Gasteiger partial charge in [0.25, 0.3) is 5.91 Å². The molecule has 21 heavy (non-hydrogen) atoms. The molecule has 0 fully saturated rings. The number of amides is 2. The summed E-state index contributed by atoms with van der Waals surface area (Å²) in [6, 6.07) is 4.76. The maximum Gasteiger partial charge on any atom is 0.261 e. The van der Waals surface area contributed by atoms with Crippen molar-refractivity contribution in [1.82, 2.24) is 15.1 Å². The number of hydrogen-bond acceptors (Lipinski definition) is 4. The molecule has 2 heterocycles. The van der Waals surface area contributed by atoms with Crippen molar-refractivity contribution in [3.05, 3.63) is 34.7 Å². The number of aromatic nitrogens is 2. The van der Waals surface area contributed by atoms with Crippen LogP contribution in [0.15, 0.2) is 29.8 Å². The molecule has 112 valence electrons. The highest BCUT2D eigenvalue weighted by atomic mass is 32.1. The lowest BCUT2D eigenvalue weighted by Gasteiger charge is -2.15. The van der Waals surface area contributed by atoms with Crippen molar-refractivity contribution in [2.75, 3.05) is 5.32 Å². The highest BCUT2D eigenvalue weighted by Crippen LogP contribution is 2.13. The smallest absolute Gasteiger partial charge is 0.261 e. The third-order valence-electron chi connectivity index (χ3n) is 2.90. The van der Waals surface area contributed by atoms with Crippen LogP contribution < -0.4 is 10.6 Å². The van der Waals surface area contributed by atoms with E-state index in [1.165, 1.54) is 11.3 Å². The number of nitrogens with one attached hydrogen (secondary N) is 2. The Morgan fingerprint density at radius 2 is 2.05 bits per heavy atom. The van der Waals surface area contributed by atoms with Gasteiger partial charge in [0.05, 0.1) is 11.1 Å². The quantitative estimate of drug-likeness (QED) is 0.890. The third-order valence-corrected chi connectivity index (χ3v) is 3.77. The Labute approximate surface area is 127 Å². The van der Waals surface area contributed by atoms with E-state index in [0.29, 0.717) is 10.7 Å². The molecule has 0 spiro atoms. The Bertz CT molecular complexity index is 619. The van der Waals surface area contributed by atoms with E-state index >= 15 is 0 Å². The number of hydrogen-bond donors (Lipinski definition) is 2. The van der Waals surface area contributed by atoms with Crippen LogP contribution in [-0.4, -0.2) is 27.6 Å². The Morgan fingerprint density at radius 3 is 2.67 bits per heavy atom. The van der Waals surface area contributed by atoms with Gasteiger partial charge < -0.3 is 10.6 Å². The molecule has 0 aliphatic heterocycles. The Morgan fingerprint density at radius 1 is 1.29 bits per heavy atom. The molecule has 0 aliphatic carbocycles. The van der Waals surface area contributed by atoms with Gasteiger partial charge in [0.1, 0.15) is 11.9 Å². The molecule has 6 nitrogen and oxygen atoms in total. The Kier molecular flexibility index (Phi) is 4.74. The summed E-state index contributed by atoms with van der Waals surface area (Å²) in [4.78, 5) is 24.6. The molecule has 2 amide bonds. The van der Waals surface area contributed by atoms with E-state index in [9.17, 15) is 9.59 Å². The minimum Gasteiger partial charge on any atom is -0.340 e. The summed E-state index contributed by atoms with van der Waals surface area (Å²) in [6.45, 7) is 5.60. The van der Waals surface area contributed by atoms with Crippen LogP contribution in [0.25, 0.3) is 0 Å². The van der Waals surface area contributed by atoms with E-state index < -0.39 is 6.04 Å². The highest BCUT2D eigenvalue weighted by molar-refractivity contribution is 7.12. The second kappa shape index (κ2) is 6.53. The summed E-state index contributed by atoms with van der Waals surface area (Å²) in [5.74, 6) is 0.0968. The number of rotatable bonds is 5. The van der Waals surface area contributed by atoms with Gasteiger partial charge in [-0.05, 0) is 32.2 Å². The first-order valence-electron chi connectivity index (χ1n) is 6.67. The van der Waals surface area contributed by atoms with Crippen molar-refractivity contribution >= 4 is 29.0 Å². The molecule has 0 radical (unpaired) electrons. The molecule has 2 N–H and O–H groups in total. The maximum absolute atomic E-state index is 12.1. The second-order valence-electron chi connectivity index (χ2n) is 4.92. The van der Waals surface area contributed by atoms with Gasteiger partial charge >= 0.3 is 0 Å². The van der Waals surface area contributed by atoms with Crippen molar-refractivity contribution in [3.8, 4) is 0 Å². The predicted molar refractivity (Wildman–Crippen MR) is 82.5 cm³/mol. The average Bonchev–Trinajstić information content (AvgIpc) is 3.09. The van der Waals surface area contributed by atoms with Crippen molar-refractivity contribution in [2.24, 2.45) is 0 Å². The molecule has 2 aromatic heterocycles. The fourth-order valence-corrected chi connectivity index (χ4v) is 2.43. The lowest BCUT2D eigenvalue weighted by Crippen LogP contribution is -2.41. The minimum absolute atomic E-state index is 0.145. The molecule has 0 saturated heterocycles. The predicted octanol–water partition coefficient (Wildman–Crippen LogP) is 2.28. The molecule has 2 rings (SSSR count). The van der Waals surface area contributed by atoms with Gasteiger partial charge in [0, 0.05) is 12.1 Å². The highest BCUT2D eigenvalue weighted by Gasteiger charge is 2.18. The van der Waals surface area contributed by atoms with Gasteiger partial charge in [0.15, 0.2) is 0 Å². The largest absolute Gasteiger partial charge is 0.340 e. The van der Waals surface area contributed by atoms with Crippen LogP contribution in [0.5, 0.6) is 0 Å². The summed E-state index contributed by atoms with van der Waals surface area (Å²) in [5.41, 5.74) is 0. The van der Waals surface area contributed by atoms with E-state index in [4.69, 9.17) is 0 Å². The van der Waals surface area contributed by atoms with Gasteiger partial charge in [-0.1, -0.05) is 6.07 Å². The fourth-order valence-electron chi connectivity index (χ4n) is 1.80. The van der Waals surface area contributed by atoms with Crippen LogP contribution in [0, 0.1) is 0 Å². The zero-order chi connectivity index (χ0) is 15.4. The fraction of sp³-hybridized carbons (Fsp3) is 0.357. The van der Waals surface area contributed by atoms with Gasteiger partial charge in [-0.15, -0.1) is 11.3 Å². The number of carbonyl (C=O) groups excluding carboxylic acids is 2. The molecule has 0 aromatic carbocycles. The monoisotopic (exact) mass is 306 g/mol. The van der Waals surface area contributed by atoms with E-state index in [0.717, 1.165) is 0 Å². The summed E-state index contributed by atoms with van der Waals surface area (Å²) < 4.78 is 1.71. The molecule has 1 unspecified atom stereocenters. The number of thiophene rings is 1. The SMILES string of the molecule is CC(NC(=O)c1cccs1)C(=O)Nc1ccnn1C(C)C. The van der Waals surface area contributed by atoms with Crippen LogP contribution in [0.3, 0.4) is 0 Å². The normalized spacial score (nSPS) is 12.2. The van der Waals surface area contributed by atoms with Crippen LogP contribution in [0.1, 0.15) is 36.5 Å². The van der Waals surface area contributed by atoms with E-state index in [2.05, 4.69) is 15.7 Å². The molecule has 0 saturated carbocycles. The molecule has 1 atom stereocenters.